The first-order valence-corrected chi connectivity index (χ1v) is 20.3. The van der Waals surface area contributed by atoms with Gasteiger partial charge in [0.15, 0.2) is 34.7 Å². The molecule has 0 aliphatic heterocycles. The summed E-state index contributed by atoms with van der Waals surface area (Å²) in [5.41, 5.74) is 1.28. The van der Waals surface area contributed by atoms with Crippen LogP contribution in [0, 0.1) is 46.8 Å². The number of primary amides is 1. The fourth-order valence-electron chi connectivity index (χ4n) is 11.8. The van der Waals surface area contributed by atoms with Gasteiger partial charge < -0.3 is 35.6 Å². The standard InChI is InChI=1S/C42H55N5O12/c1-40(2,3)47(39(56)59-18-58-38(55)41-14-19-8-20(15-41)10-21(9-19)16-41)17-27(48)44-25-13-26(45(4)5)23-11-22-12-24-31(46(6)7)34(51)30(37(43)54)36(53)42(24,57)35(52)28(22)33(50)29(23)32(25)49/h13,19-22,24,28,30-31,49,57H,8-12,14-18H2,1-7H3,(H2,43,54)(H,44,48)/t19?,20?,21?,22-,24-,28?,30?,31-,41?,42-/m0/s1. The number of fused-ring (bicyclic) bond motifs is 3. The molecule has 320 valence electrons. The minimum atomic E-state index is -2.89. The molecular formula is C42H55N5O12. The molecule has 6 saturated carbocycles. The van der Waals surface area contributed by atoms with E-state index in [0.717, 1.165) is 43.4 Å². The lowest BCUT2D eigenvalue weighted by molar-refractivity contribution is -0.182. The third-order valence-corrected chi connectivity index (χ3v) is 14.0. The average molecular weight is 822 g/mol. The van der Waals surface area contributed by atoms with Gasteiger partial charge in [-0.1, -0.05) is 0 Å². The van der Waals surface area contributed by atoms with E-state index < -0.39 is 106 Å². The number of carbonyl (C=O) groups excluding carboxylic acids is 8. The number of Topliss-reactive ketones (excluding diaryl/α,β-unsaturated/α-hetero) is 4. The van der Waals surface area contributed by atoms with Gasteiger partial charge in [0.25, 0.3) is 0 Å². The van der Waals surface area contributed by atoms with Crippen molar-refractivity contribution in [2.45, 2.75) is 89.3 Å². The number of phenolic OH excluding ortho intramolecular Hbond substituents is 1. The number of anilines is 2. The van der Waals surface area contributed by atoms with Crippen molar-refractivity contribution in [2.24, 2.45) is 52.6 Å². The molecule has 0 aromatic heterocycles. The summed E-state index contributed by atoms with van der Waals surface area (Å²) in [5, 5.41) is 26.2. The van der Waals surface area contributed by atoms with Gasteiger partial charge in [0.1, 0.15) is 12.3 Å². The van der Waals surface area contributed by atoms with Gasteiger partial charge in [-0.2, -0.15) is 0 Å². The SMILES string of the molecule is CN(C)c1cc(NC(=O)CN(C(=O)OCOC(=O)C23CC4CC(CC(C4)C2)C3)C(C)(C)C)c(O)c2c1C[C@H]1C[C@H]3[C@H](N(C)C)C(=O)C(C(N)=O)C(=O)[C@@]3(O)C(=O)C1C2=O. The first-order valence-electron chi connectivity index (χ1n) is 20.3. The minimum absolute atomic E-state index is 0.0260. The number of amides is 3. The number of benzene rings is 1. The third-order valence-electron chi connectivity index (χ3n) is 14.0. The Labute approximate surface area is 342 Å². The monoisotopic (exact) mass is 821 g/mol. The first kappa shape index (κ1) is 42.2. The quantitative estimate of drug-likeness (QED) is 0.120. The van der Waals surface area contributed by atoms with E-state index in [2.05, 4.69) is 5.32 Å². The zero-order valence-electron chi connectivity index (χ0n) is 34.7. The fraction of sp³-hybridized carbons (Fsp3) is 0.667. The Hall–Kier alpha value is -4.90. The maximum atomic E-state index is 14.4. The molecule has 8 rings (SSSR count). The molecule has 7 aliphatic carbocycles. The van der Waals surface area contributed by atoms with E-state index in [4.69, 9.17) is 15.2 Å². The van der Waals surface area contributed by atoms with Crippen LogP contribution in [0.15, 0.2) is 6.07 Å². The van der Waals surface area contributed by atoms with Crippen molar-refractivity contribution in [1.82, 2.24) is 9.80 Å². The number of ketones is 4. The molecule has 5 N–H and O–H groups in total. The predicted molar refractivity (Wildman–Crippen MR) is 209 cm³/mol. The normalized spacial score (nSPS) is 33.2. The molecule has 0 radical (unpaired) electrons. The van der Waals surface area contributed by atoms with E-state index >= 15 is 0 Å². The summed E-state index contributed by atoms with van der Waals surface area (Å²) in [4.78, 5) is 113. The lowest BCUT2D eigenvalue weighted by Gasteiger charge is -2.55. The van der Waals surface area contributed by atoms with E-state index in [1.165, 1.54) is 25.1 Å². The number of nitrogens with two attached hydrogens (primary N) is 1. The van der Waals surface area contributed by atoms with Gasteiger partial charge in [-0.3, -0.25) is 43.4 Å². The third kappa shape index (κ3) is 6.87. The number of hydrogen-bond donors (Lipinski definition) is 4. The lowest BCUT2D eigenvalue weighted by Crippen LogP contribution is -2.74. The molecule has 6 fully saturated rings. The number of phenols is 1. The van der Waals surface area contributed by atoms with Crippen LogP contribution in [0.4, 0.5) is 16.2 Å². The second-order valence-corrected chi connectivity index (χ2v) is 19.3. The first-order chi connectivity index (χ1) is 27.5. The highest BCUT2D eigenvalue weighted by atomic mass is 16.7. The van der Waals surface area contributed by atoms with E-state index in [9.17, 15) is 48.6 Å². The number of nitrogens with one attached hydrogen (secondary N) is 1. The molecule has 59 heavy (non-hydrogen) atoms. The zero-order chi connectivity index (χ0) is 43.3. The van der Waals surface area contributed by atoms with Crippen LogP contribution in [0.5, 0.6) is 5.75 Å². The van der Waals surface area contributed by atoms with Crippen LogP contribution >= 0.6 is 0 Å². The van der Waals surface area contributed by atoms with Crippen molar-refractivity contribution in [3.63, 3.8) is 0 Å². The topological polar surface area (TPSA) is 243 Å². The number of aliphatic hydroxyl groups is 1. The van der Waals surface area contributed by atoms with Gasteiger partial charge in [0, 0.05) is 31.2 Å². The van der Waals surface area contributed by atoms with Crippen molar-refractivity contribution in [3.05, 3.63) is 17.2 Å². The predicted octanol–water partition coefficient (Wildman–Crippen LogP) is 1.83. The highest BCUT2D eigenvalue weighted by molar-refractivity contribution is 6.32. The molecule has 2 unspecified atom stereocenters. The second kappa shape index (κ2) is 14.7. The zero-order valence-corrected chi connectivity index (χ0v) is 34.7. The average Bonchev–Trinajstić information content (AvgIpc) is 3.11. The second-order valence-electron chi connectivity index (χ2n) is 19.3. The molecule has 0 heterocycles. The number of aromatic hydroxyl groups is 1. The summed E-state index contributed by atoms with van der Waals surface area (Å²) in [6, 6.07) is 0.222. The molecule has 17 nitrogen and oxygen atoms in total. The molecule has 4 bridgehead atoms. The van der Waals surface area contributed by atoms with Gasteiger partial charge in [-0.05, 0) is 122 Å². The summed E-state index contributed by atoms with van der Waals surface area (Å²) in [6.45, 7) is 3.84. The maximum absolute atomic E-state index is 14.4. The van der Waals surface area contributed by atoms with Crippen molar-refractivity contribution < 1.29 is 58.0 Å². The van der Waals surface area contributed by atoms with Gasteiger partial charge >= 0.3 is 12.1 Å². The molecule has 0 spiro atoms. The van der Waals surface area contributed by atoms with Crippen molar-refractivity contribution in [3.8, 4) is 5.75 Å². The minimum Gasteiger partial charge on any atom is -0.505 e. The maximum Gasteiger partial charge on any atom is 0.413 e. The number of rotatable bonds is 9. The van der Waals surface area contributed by atoms with E-state index in [1.807, 2.05) is 0 Å². The summed E-state index contributed by atoms with van der Waals surface area (Å²) < 4.78 is 10.9. The summed E-state index contributed by atoms with van der Waals surface area (Å²) >= 11 is 0. The van der Waals surface area contributed by atoms with Crippen LogP contribution in [0.2, 0.25) is 0 Å². The Morgan fingerprint density at radius 2 is 1.51 bits per heavy atom. The number of esters is 1. The molecule has 0 saturated heterocycles. The molecule has 7 aliphatic rings. The highest BCUT2D eigenvalue weighted by Crippen LogP contribution is 2.60. The largest absolute Gasteiger partial charge is 0.505 e. The van der Waals surface area contributed by atoms with E-state index in [1.54, 1.807) is 39.8 Å². The van der Waals surface area contributed by atoms with E-state index in [0.29, 0.717) is 29.0 Å². The fourth-order valence-corrected chi connectivity index (χ4v) is 11.8. The van der Waals surface area contributed by atoms with Gasteiger partial charge in [0.05, 0.1) is 28.6 Å². The van der Waals surface area contributed by atoms with Gasteiger partial charge in [0.2, 0.25) is 18.6 Å². The number of carbonyl (C=O) groups is 8. The van der Waals surface area contributed by atoms with Crippen LogP contribution in [-0.2, 0) is 44.7 Å². The summed E-state index contributed by atoms with van der Waals surface area (Å²) in [7, 11) is 6.38. The summed E-state index contributed by atoms with van der Waals surface area (Å²) in [5.74, 6) is -11.7. The molecular weight excluding hydrogens is 766 g/mol. The Morgan fingerprint density at radius 3 is 2.03 bits per heavy atom. The molecule has 3 amide bonds. The number of nitrogens with zero attached hydrogens (tertiary/aromatic N) is 3. The lowest BCUT2D eigenvalue weighted by atomic mass is 9.49. The Bertz CT molecular complexity index is 2000. The highest BCUT2D eigenvalue weighted by Gasteiger charge is 2.69. The van der Waals surface area contributed by atoms with Crippen LogP contribution in [0.3, 0.4) is 0 Å². The number of ether oxygens (including phenoxy) is 2. The van der Waals surface area contributed by atoms with Crippen molar-refractivity contribution in [2.75, 3.05) is 51.7 Å². The Kier molecular flexibility index (Phi) is 10.5. The summed E-state index contributed by atoms with van der Waals surface area (Å²) in [6.07, 6.45) is 4.79. The smallest absolute Gasteiger partial charge is 0.413 e. The van der Waals surface area contributed by atoms with E-state index in [-0.39, 0.29) is 30.1 Å². The number of likely N-dealkylation sites (N-methyl/N-ethyl adjacent to an activating group) is 1. The van der Waals surface area contributed by atoms with Crippen LogP contribution in [0.25, 0.3) is 0 Å². The molecule has 6 atom stereocenters. The molecule has 1 aromatic rings. The molecule has 1 aromatic carbocycles. The van der Waals surface area contributed by atoms with Gasteiger partial charge in [-0.15, -0.1) is 0 Å². The Balaban J connectivity index is 1.10. The van der Waals surface area contributed by atoms with Crippen LogP contribution < -0.4 is 16.0 Å². The van der Waals surface area contributed by atoms with Crippen LogP contribution in [0.1, 0.15) is 81.6 Å². The van der Waals surface area contributed by atoms with Crippen molar-refractivity contribution >= 4 is 58.4 Å². The molecule has 17 heteroatoms. The van der Waals surface area contributed by atoms with Gasteiger partial charge in [-0.25, -0.2) is 4.79 Å². The van der Waals surface area contributed by atoms with Crippen LogP contribution in [-0.4, -0.2) is 126 Å². The number of hydrogen-bond acceptors (Lipinski definition) is 14. The Morgan fingerprint density at radius 1 is 0.915 bits per heavy atom. The van der Waals surface area contributed by atoms with Crippen molar-refractivity contribution in [1.29, 1.82) is 0 Å².